The van der Waals surface area contributed by atoms with Gasteiger partial charge in [-0.15, -0.1) is 0 Å². The molecule has 2 atom stereocenters. The second kappa shape index (κ2) is 5.49. The monoisotopic (exact) mass is 269 g/mol. The molecule has 5 heteroatoms. The summed E-state index contributed by atoms with van der Waals surface area (Å²) in [6.45, 7) is 7.00. The molecular formula is C14H23NO4. The first-order chi connectivity index (χ1) is 8.88. The number of amides is 1. The highest BCUT2D eigenvalue weighted by molar-refractivity contribution is 5.84. The fourth-order valence-electron chi connectivity index (χ4n) is 2.75. The Bertz CT molecular complexity index is 361. The van der Waals surface area contributed by atoms with Gasteiger partial charge in [0.15, 0.2) is 0 Å². The van der Waals surface area contributed by atoms with Gasteiger partial charge in [0.2, 0.25) is 0 Å². The van der Waals surface area contributed by atoms with Crippen molar-refractivity contribution in [2.75, 3.05) is 19.8 Å². The van der Waals surface area contributed by atoms with Crippen LogP contribution in [0.3, 0.4) is 0 Å². The number of carbonyl (C=O) groups is 2. The molecule has 1 heterocycles. The number of rotatable bonds is 1. The highest BCUT2D eigenvalue weighted by atomic mass is 16.6. The Labute approximate surface area is 114 Å². The van der Waals surface area contributed by atoms with Gasteiger partial charge in [-0.05, 0) is 33.6 Å². The van der Waals surface area contributed by atoms with Gasteiger partial charge >= 0.3 is 6.09 Å². The van der Waals surface area contributed by atoms with Crippen molar-refractivity contribution in [3.63, 3.8) is 0 Å². The minimum absolute atomic E-state index is 0.0761. The number of carbonyl (C=O) groups excluding carboxylic acids is 2. The Kier molecular flexibility index (Phi) is 4.13. The molecule has 0 radical (unpaired) electrons. The summed E-state index contributed by atoms with van der Waals surface area (Å²) < 4.78 is 10.9. The Morgan fingerprint density at radius 2 is 2.16 bits per heavy atom. The molecule has 0 bridgehead atoms. The van der Waals surface area contributed by atoms with E-state index >= 15 is 0 Å². The van der Waals surface area contributed by atoms with E-state index in [1.165, 1.54) is 0 Å². The lowest BCUT2D eigenvalue weighted by molar-refractivity contribution is -0.125. The predicted molar refractivity (Wildman–Crippen MR) is 69.9 cm³/mol. The molecule has 1 saturated carbocycles. The number of Topliss-reactive ketones (excluding diaryl/α,β-unsaturated/α-hetero) is 1. The van der Waals surface area contributed by atoms with Crippen LogP contribution in [0, 0.1) is 5.92 Å². The normalized spacial score (nSPS) is 28.6. The molecule has 1 aliphatic heterocycles. The Hall–Kier alpha value is -1.10. The van der Waals surface area contributed by atoms with Crippen LogP contribution in [0.4, 0.5) is 4.79 Å². The average molecular weight is 269 g/mol. The third-order valence-corrected chi connectivity index (χ3v) is 3.61. The highest BCUT2D eigenvalue weighted by Crippen LogP contribution is 2.29. The number of hydrogen-bond donors (Lipinski definition) is 0. The maximum Gasteiger partial charge on any atom is 0.410 e. The third-order valence-electron chi connectivity index (χ3n) is 3.61. The highest BCUT2D eigenvalue weighted by Gasteiger charge is 2.40. The van der Waals surface area contributed by atoms with Gasteiger partial charge < -0.3 is 9.47 Å². The number of hydrogen-bond acceptors (Lipinski definition) is 4. The summed E-state index contributed by atoms with van der Waals surface area (Å²) >= 11 is 0. The topological polar surface area (TPSA) is 55.8 Å². The standard InChI is InChI=1S/C14H23NO4/c1-14(2,3)19-13(17)15-7-8-18-9-11(15)10-5-4-6-12(10)16/h10-11H,4-9H2,1-3H3/t10-,11+/m1/s1. The molecule has 0 aromatic heterocycles. The molecule has 19 heavy (non-hydrogen) atoms. The van der Waals surface area contributed by atoms with E-state index in [4.69, 9.17) is 9.47 Å². The van der Waals surface area contributed by atoms with E-state index in [2.05, 4.69) is 0 Å². The maximum atomic E-state index is 12.2. The Balaban J connectivity index is 2.07. The van der Waals surface area contributed by atoms with Crippen LogP contribution in [0.25, 0.3) is 0 Å². The molecular weight excluding hydrogens is 246 g/mol. The third kappa shape index (κ3) is 3.47. The van der Waals surface area contributed by atoms with Gasteiger partial charge in [-0.2, -0.15) is 0 Å². The van der Waals surface area contributed by atoms with Gasteiger partial charge in [-0.3, -0.25) is 9.69 Å². The number of morpholine rings is 1. The van der Waals surface area contributed by atoms with Gasteiger partial charge in [0.1, 0.15) is 11.4 Å². The zero-order chi connectivity index (χ0) is 14.0. The predicted octanol–water partition coefficient (Wildman–Crippen LogP) is 1.99. The van der Waals surface area contributed by atoms with Crippen molar-refractivity contribution in [1.29, 1.82) is 0 Å². The number of ether oxygens (including phenoxy) is 2. The first-order valence-electron chi connectivity index (χ1n) is 6.98. The molecule has 2 rings (SSSR count). The number of nitrogens with zero attached hydrogens (tertiary/aromatic N) is 1. The van der Waals surface area contributed by atoms with Crippen molar-refractivity contribution in [3.8, 4) is 0 Å². The zero-order valence-electron chi connectivity index (χ0n) is 12.0. The van der Waals surface area contributed by atoms with Crippen LogP contribution in [0.1, 0.15) is 40.0 Å². The lowest BCUT2D eigenvalue weighted by atomic mass is 9.95. The van der Waals surface area contributed by atoms with Gasteiger partial charge in [-0.1, -0.05) is 0 Å². The second-order valence-electron chi connectivity index (χ2n) is 6.28. The minimum atomic E-state index is -0.514. The van der Waals surface area contributed by atoms with Crippen LogP contribution in [0.15, 0.2) is 0 Å². The van der Waals surface area contributed by atoms with Gasteiger partial charge in [0, 0.05) is 18.9 Å². The van der Waals surface area contributed by atoms with E-state index < -0.39 is 5.60 Å². The molecule has 0 N–H and O–H groups in total. The van der Waals surface area contributed by atoms with Crippen molar-refractivity contribution in [3.05, 3.63) is 0 Å². The van der Waals surface area contributed by atoms with Gasteiger partial charge in [-0.25, -0.2) is 4.79 Å². The Morgan fingerprint density at radius 3 is 2.74 bits per heavy atom. The lowest BCUT2D eigenvalue weighted by Gasteiger charge is -2.39. The fourth-order valence-corrected chi connectivity index (χ4v) is 2.75. The smallest absolute Gasteiger partial charge is 0.410 e. The second-order valence-corrected chi connectivity index (χ2v) is 6.28. The van der Waals surface area contributed by atoms with E-state index in [0.29, 0.717) is 26.2 Å². The SMILES string of the molecule is CC(C)(C)OC(=O)N1CCOC[C@H]1[C@H]1CCCC1=O. The van der Waals surface area contributed by atoms with E-state index in [1.54, 1.807) is 4.90 Å². The molecule has 108 valence electrons. The summed E-state index contributed by atoms with van der Waals surface area (Å²) in [7, 11) is 0. The largest absolute Gasteiger partial charge is 0.444 e. The maximum absolute atomic E-state index is 12.2. The van der Waals surface area contributed by atoms with E-state index in [1.807, 2.05) is 20.8 Å². The van der Waals surface area contributed by atoms with E-state index in [0.717, 1.165) is 12.8 Å². The van der Waals surface area contributed by atoms with Crippen molar-refractivity contribution in [2.24, 2.45) is 5.92 Å². The van der Waals surface area contributed by atoms with Crippen molar-refractivity contribution in [2.45, 2.75) is 51.7 Å². The molecule has 1 aliphatic carbocycles. The summed E-state index contributed by atoms with van der Waals surface area (Å²) in [5.74, 6) is 0.178. The van der Waals surface area contributed by atoms with Crippen molar-refractivity contribution in [1.82, 2.24) is 4.90 Å². The molecule has 0 aromatic carbocycles. The summed E-state index contributed by atoms with van der Waals surface area (Å²) in [6, 6.07) is -0.154. The molecule has 1 saturated heterocycles. The van der Waals surface area contributed by atoms with Crippen LogP contribution in [0.2, 0.25) is 0 Å². The summed E-state index contributed by atoms with van der Waals surface area (Å²) in [5, 5.41) is 0. The van der Waals surface area contributed by atoms with E-state index in [9.17, 15) is 9.59 Å². The first-order valence-corrected chi connectivity index (χ1v) is 6.98. The zero-order valence-corrected chi connectivity index (χ0v) is 12.0. The van der Waals surface area contributed by atoms with Crippen LogP contribution in [-0.4, -0.2) is 48.2 Å². The van der Waals surface area contributed by atoms with Crippen LogP contribution >= 0.6 is 0 Å². The lowest BCUT2D eigenvalue weighted by Crippen LogP contribution is -2.54. The summed E-state index contributed by atoms with van der Waals surface area (Å²) in [5.41, 5.74) is -0.514. The molecule has 0 spiro atoms. The van der Waals surface area contributed by atoms with Crippen LogP contribution in [0.5, 0.6) is 0 Å². The molecule has 0 unspecified atom stereocenters. The average Bonchev–Trinajstić information content (AvgIpc) is 2.73. The number of ketones is 1. The van der Waals surface area contributed by atoms with E-state index in [-0.39, 0.29) is 23.8 Å². The first kappa shape index (κ1) is 14.3. The van der Waals surface area contributed by atoms with Crippen molar-refractivity contribution < 1.29 is 19.1 Å². The molecule has 5 nitrogen and oxygen atoms in total. The molecule has 2 fully saturated rings. The fraction of sp³-hybridized carbons (Fsp3) is 0.857. The van der Waals surface area contributed by atoms with Crippen LogP contribution in [-0.2, 0) is 14.3 Å². The van der Waals surface area contributed by atoms with Gasteiger partial charge in [0.05, 0.1) is 19.3 Å². The van der Waals surface area contributed by atoms with Crippen LogP contribution < -0.4 is 0 Å². The molecule has 2 aliphatic rings. The summed E-state index contributed by atoms with van der Waals surface area (Å²) in [4.78, 5) is 25.8. The summed E-state index contributed by atoms with van der Waals surface area (Å²) in [6.07, 6.45) is 2.07. The molecule has 1 amide bonds. The molecule has 0 aromatic rings. The quantitative estimate of drug-likeness (QED) is 0.730. The minimum Gasteiger partial charge on any atom is -0.444 e. The van der Waals surface area contributed by atoms with Crippen molar-refractivity contribution >= 4 is 11.9 Å². The van der Waals surface area contributed by atoms with Gasteiger partial charge in [0.25, 0.3) is 0 Å². The Morgan fingerprint density at radius 1 is 1.42 bits per heavy atom.